The van der Waals surface area contributed by atoms with Gasteiger partial charge in [-0.3, -0.25) is 14.4 Å². The minimum atomic E-state index is -0.719. The van der Waals surface area contributed by atoms with Crippen LogP contribution in [0.4, 0.5) is 0 Å². The highest BCUT2D eigenvalue weighted by Crippen LogP contribution is 2.01. The summed E-state index contributed by atoms with van der Waals surface area (Å²) in [5, 5.41) is 4.92. The second kappa shape index (κ2) is 6.09. The molecular formula is C10H19N3O3. The average Bonchev–Trinajstić information content (AvgIpc) is 2.11. The third kappa shape index (κ3) is 4.77. The standard InChI is InChI=1S/C10H19N3O3/c1-5(2)8(9(11)15)13-10(16)6(3)12-7(4)14/h5-6,8H,1-4H3,(H2,11,15)(H,12,14)(H,13,16)/t6-,8-/m0/s1. The monoisotopic (exact) mass is 229 g/mol. The van der Waals surface area contributed by atoms with Gasteiger partial charge in [0.25, 0.3) is 0 Å². The van der Waals surface area contributed by atoms with Crippen LogP contribution in [0.5, 0.6) is 0 Å². The van der Waals surface area contributed by atoms with Crippen molar-refractivity contribution in [1.82, 2.24) is 10.6 Å². The molecule has 2 atom stereocenters. The molecule has 3 amide bonds. The van der Waals surface area contributed by atoms with Crippen LogP contribution in [-0.2, 0) is 14.4 Å². The zero-order chi connectivity index (χ0) is 12.9. The molecule has 0 aromatic carbocycles. The molecule has 0 aliphatic heterocycles. The molecule has 0 aliphatic carbocycles. The first-order valence-electron chi connectivity index (χ1n) is 5.12. The van der Waals surface area contributed by atoms with E-state index in [1.165, 1.54) is 13.8 Å². The van der Waals surface area contributed by atoms with Crippen molar-refractivity contribution in [3.05, 3.63) is 0 Å². The van der Waals surface area contributed by atoms with Crippen molar-refractivity contribution in [2.45, 2.75) is 39.8 Å². The first-order chi connectivity index (χ1) is 7.25. The Bertz CT molecular complexity index is 289. The molecule has 0 aromatic heterocycles. The van der Waals surface area contributed by atoms with Crippen molar-refractivity contribution in [3.63, 3.8) is 0 Å². The molecule has 0 radical (unpaired) electrons. The Balaban J connectivity index is 4.40. The van der Waals surface area contributed by atoms with Crippen molar-refractivity contribution in [1.29, 1.82) is 0 Å². The minimum absolute atomic E-state index is 0.0917. The summed E-state index contributed by atoms with van der Waals surface area (Å²) in [5.41, 5.74) is 5.15. The van der Waals surface area contributed by atoms with Gasteiger partial charge in [0.15, 0.2) is 0 Å². The van der Waals surface area contributed by atoms with E-state index in [1.54, 1.807) is 13.8 Å². The van der Waals surface area contributed by atoms with Crippen LogP contribution in [0.15, 0.2) is 0 Å². The van der Waals surface area contributed by atoms with Crippen LogP contribution in [0.1, 0.15) is 27.7 Å². The van der Waals surface area contributed by atoms with Crippen molar-refractivity contribution in [3.8, 4) is 0 Å². The van der Waals surface area contributed by atoms with Gasteiger partial charge in [0.2, 0.25) is 17.7 Å². The lowest BCUT2D eigenvalue weighted by Gasteiger charge is -2.21. The molecule has 0 heterocycles. The largest absolute Gasteiger partial charge is 0.368 e. The summed E-state index contributed by atoms with van der Waals surface area (Å²) in [5.74, 6) is -1.40. The van der Waals surface area contributed by atoms with E-state index in [1.807, 2.05) is 0 Å². The number of primary amides is 1. The van der Waals surface area contributed by atoms with Crippen LogP contribution >= 0.6 is 0 Å². The Morgan fingerprint density at radius 2 is 1.56 bits per heavy atom. The highest BCUT2D eigenvalue weighted by atomic mass is 16.2. The topological polar surface area (TPSA) is 101 Å². The summed E-state index contributed by atoms with van der Waals surface area (Å²) in [6.45, 7) is 6.41. The maximum absolute atomic E-state index is 11.6. The molecule has 0 aliphatic rings. The zero-order valence-corrected chi connectivity index (χ0v) is 10.0. The SMILES string of the molecule is CC(=O)N[C@@H](C)C(=O)N[C@H](C(N)=O)C(C)C. The van der Waals surface area contributed by atoms with Gasteiger partial charge in [0.05, 0.1) is 0 Å². The fraction of sp³-hybridized carbons (Fsp3) is 0.700. The van der Waals surface area contributed by atoms with Gasteiger partial charge in [-0.25, -0.2) is 0 Å². The molecule has 0 aromatic rings. The van der Waals surface area contributed by atoms with Gasteiger partial charge < -0.3 is 16.4 Å². The Morgan fingerprint density at radius 1 is 1.06 bits per heavy atom. The van der Waals surface area contributed by atoms with Crippen LogP contribution in [0.25, 0.3) is 0 Å². The van der Waals surface area contributed by atoms with Crippen LogP contribution in [-0.4, -0.2) is 29.8 Å². The molecule has 0 saturated heterocycles. The number of nitrogens with two attached hydrogens (primary N) is 1. The second-order valence-corrected chi connectivity index (χ2v) is 4.05. The number of amides is 3. The Labute approximate surface area is 94.9 Å². The quantitative estimate of drug-likeness (QED) is 0.571. The van der Waals surface area contributed by atoms with Gasteiger partial charge in [-0.2, -0.15) is 0 Å². The summed E-state index contributed by atoms with van der Waals surface area (Å²) >= 11 is 0. The summed E-state index contributed by atoms with van der Waals surface area (Å²) in [4.78, 5) is 33.3. The molecule has 0 rings (SSSR count). The predicted octanol–water partition coefficient (Wildman–Crippen LogP) is -0.863. The van der Waals surface area contributed by atoms with Gasteiger partial charge in [-0.15, -0.1) is 0 Å². The van der Waals surface area contributed by atoms with Gasteiger partial charge in [0.1, 0.15) is 12.1 Å². The summed E-state index contributed by atoms with van der Waals surface area (Å²) < 4.78 is 0. The third-order valence-electron chi connectivity index (χ3n) is 2.08. The van der Waals surface area contributed by atoms with E-state index in [0.717, 1.165) is 0 Å². The highest BCUT2D eigenvalue weighted by molar-refractivity contribution is 5.91. The number of hydrogen-bond acceptors (Lipinski definition) is 3. The van der Waals surface area contributed by atoms with Crippen molar-refractivity contribution < 1.29 is 14.4 Å². The fourth-order valence-corrected chi connectivity index (χ4v) is 1.22. The third-order valence-corrected chi connectivity index (χ3v) is 2.08. The Kier molecular flexibility index (Phi) is 5.49. The number of rotatable bonds is 5. The van der Waals surface area contributed by atoms with Crippen LogP contribution < -0.4 is 16.4 Å². The van der Waals surface area contributed by atoms with E-state index < -0.39 is 23.9 Å². The zero-order valence-electron chi connectivity index (χ0n) is 10.0. The fourth-order valence-electron chi connectivity index (χ4n) is 1.22. The smallest absolute Gasteiger partial charge is 0.242 e. The van der Waals surface area contributed by atoms with E-state index >= 15 is 0 Å². The van der Waals surface area contributed by atoms with Crippen LogP contribution in [0, 0.1) is 5.92 Å². The van der Waals surface area contributed by atoms with E-state index in [-0.39, 0.29) is 11.8 Å². The van der Waals surface area contributed by atoms with Gasteiger partial charge in [0, 0.05) is 6.92 Å². The van der Waals surface area contributed by atoms with Gasteiger partial charge >= 0.3 is 0 Å². The van der Waals surface area contributed by atoms with E-state index in [4.69, 9.17) is 5.73 Å². The molecule has 0 bridgehead atoms. The molecule has 16 heavy (non-hydrogen) atoms. The molecule has 4 N–H and O–H groups in total. The molecule has 6 nitrogen and oxygen atoms in total. The summed E-state index contributed by atoms with van der Waals surface area (Å²) in [7, 11) is 0. The van der Waals surface area contributed by atoms with Crippen LogP contribution in [0.3, 0.4) is 0 Å². The normalized spacial score (nSPS) is 14.1. The number of nitrogens with one attached hydrogen (secondary N) is 2. The van der Waals surface area contributed by atoms with Gasteiger partial charge in [-0.1, -0.05) is 13.8 Å². The molecular weight excluding hydrogens is 210 g/mol. The van der Waals surface area contributed by atoms with E-state index in [9.17, 15) is 14.4 Å². The van der Waals surface area contributed by atoms with E-state index in [2.05, 4.69) is 10.6 Å². The molecule has 0 fully saturated rings. The van der Waals surface area contributed by atoms with Gasteiger partial charge in [-0.05, 0) is 12.8 Å². The lowest BCUT2D eigenvalue weighted by molar-refractivity contribution is -0.131. The first kappa shape index (κ1) is 14.4. The predicted molar refractivity (Wildman–Crippen MR) is 59.2 cm³/mol. The lowest BCUT2D eigenvalue weighted by atomic mass is 10.0. The van der Waals surface area contributed by atoms with Crippen LogP contribution in [0.2, 0.25) is 0 Å². The number of carbonyl (C=O) groups is 3. The second-order valence-electron chi connectivity index (χ2n) is 4.05. The lowest BCUT2D eigenvalue weighted by Crippen LogP contribution is -2.53. The molecule has 0 saturated carbocycles. The summed E-state index contributed by atoms with van der Waals surface area (Å²) in [6.07, 6.45) is 0. The molecule has 6 heteroatoms. The number of hydrogen-bond donors (Lipinski definition) is 3. The average molecular weight is 229 g/mol. The van der Waals surface area contributed by atoms with Crippen molar-refractivity contribution in [2.24, 2.45) is 11.7 Å². The maximum atomic E-state index is 11.6. The van der Waals surface area contributed by atoms with E-state index in [0.29, 0.717) is 0 Å². The van der Waals surface area contributed by atoms with Crippen molar-refractivity contribution in [2.75, 3.05) is 0 Å². The maximum Gasteiger partial charge on any atom is 0.242 e. The molecule has 0 unspecified atom stereocenters. The Hall–Kier alpha value is -1.59. The highest BCUT2D eigenvalue weighted by Gasteiger charge is 2.24. The minimum Gasteiger partial charge on any atom is -0.368 e. The number of carbonyl (C=O) groups excluding carboxylic acids is 3. The summed E-state index contributed by atoms with van der Waals surface area (Å²) in [6, 6.07) is -1.40. The molecule has 92 valence electrons. The molecule has 0 spiro atoms. The van der Waals surface area contributed by atoms with Crippen molar-refractivity contribution >= 4 is 17.7 Å². The first-order valence-corrected chi connectivity index (χ1v) is 5.12. The Morgan fingerprint density at radius 3 is 1.88 bits per heavy atom.